The molecule has 0 amide bonds. The number of aryl methyl sites for hydroxylation is 1. The Morgan fingerprint density at radius 2 is 2.00 bits per heavy atom. The van der Waals surface area contributed by atoms with Crippen LogP contribution >= 0.6 is 0 Å². The second-order valence-electron chi connectivity index (χ2n) is 6.57. The standard InChI is InChI=1S/C20H22N4O2/c1-13-21-10-16-12-24(7-6-18(16)22-13)11-15-8-14-4-5-17(25-2)9-19(14)23-20(15)26-3/h4-5,8-10H,6-7,11-12H2,1-3H3. The normalized spacial score (nSPS) is 14.3. The van der Waals surface area contributed by atoms with Gasteiger partial charge in [-0.25, -0.2) is 15.0 Å². The number of hydrogen-bond donors (Lipinski definition) is 0. The Bertz CT molecular complexity index is 958. The third-order valence-corrected chi connectivity index (χ3v) is 4.78. The van der Waals surface area contributed by atoms with Gasteiger partial charge in [-0.3, -0.25) is 4.90 Å². The maximum atomic E-state index is 5.55. The van der Waals surface area contributed by atoms with E-state index >= 15 is 0 Å². The minimum atomic E-state index is 0.664. The number of fused-ring (bicyclic) bond motifs is 2. The lowest BCUT2D eigenvalue weighted by Gasteiger charge is -2.28. The average molecular weight is 350 g/mol. The minimum absolute atomic E-state index is 0.664. The highest BCUT2D eigenvalue weighted by molar-refractivity contribution is 5.81. The van der Waals surface area contributed by atoms with Crippen LogP contribution in [0.5, 0.6) is 11.6 Å². The molecule has 0 radical (unpaired) electrons. The van der Waals surface area contributed by atoms with Gasteiger partial charge < -0.3 is 9.47 Å². The molecule has 0 aliphatic carbocycles. The number of ether oxygens (including phenoxy) is 2. The summed E-state index contributed by atoms with van der Waals surface area (Å²) in [4.78, 5) is 16.0. The monoisotopic (exact) mass is 350 g/mol. The molecule has 26 heavy (non-hydrogen) atoms. The fourth-order valence-corrected chi connectivity index (χ4v) is 3.44. The van der Waals surface area contributed by atoms with Crippen molar-refractivity contribution in [2.75, 3.05) is 20.8 Å². The van der Waals surface area contributed by atoms with Gasteiger partial charge in [0.2, 0.25) is 5.88 Å². The lowest BCUT2D eigenvalue weighted by molar-refractivity contribution is 0.238. The SMILES string of the molecule is COc1ccc2cc(CN3CCc4nc(C)ncc4C3)c(OC)nc2c1. The molecule has 2 aromatic heterocycles. The van der Waals surface area contributed by atoms with Crippen molar-refractivity contribution in [3.8, 4) is 11.6 Å². The predicted molar refractivity (Wildman–Crippen MR) is 99.4 cm³/mol. The van der Waals surface area contributed by atoms with Gasteiger partial charge >= 0.3 is 0 Å². The summed E-state index contributed by atoms with van der Waals surface area (Å²) < 4.78 is 10.8. The minimum Gasteiger partial charge on any atom is -0.497 e. The molecule has 6 heteroatoms. The van der Waals surface area contributed by atoms with Crippen LogP contribution in [0, 0.1) is 6.92 Å². The highest BCUT2D eigenvalue weighted by atomic mass is 16.5. The number of methoxy groups -OCH3 is 2. The van der Waals surface area contributed by atoms with Crippen LogP contribution in [-0.4, -0.2) is 40.6 Å². The van der Waals surface area contributed by atoms with Gasteiger partial charge in [-0.1, -0.05) is 0 Å². The molecule has 4 rings (SSSR count). The van der Waals surface area contributed by atoms with E-state index in [9.17, 15) is 0 Å². The maximum absolute atomic E-state index is 5.55. The van der Waals surface area contributed by atoms with E-state index < -0.39 is 0 Å². The summed E-state index contributed by atoms with van der Waals surface area (Å²) in [5.74, 6) is 2.30. The molecule has 0 saturated heterocycles. The molecule has 0 saturated carbocycles. The van der Waals surface area contributed by atoms with Crippen molar-refractivity contribution >= 4 is 10.9 Å². The van der Waals surface area contributed by atoms with Gasteiger partial charge in [-0.2, -0.15) is 0 Å². The number of nitrogens with zero attached hydrogens (tertiary/aromatic N) is 4. The zero-order chi connectivity index (χ0) is 18.1. The van der Waals surface area contributed by atoms with Crippen LogP contribution in [0.1, 0.15) is 22.6 Å². The molecule has 0 N–H and O–H groups in total. The Hall–Kier alpha value is -2.73. The molecule has 1 aliphatic heterocycles. The van der Waals surface area contributed by atoms with E-state index in [1.54, 1.807) is 14.2 Å². The number of pyridine rings is 1. The first-order valence-electron chi connectivity index (χ1n) is 8.71. The second kappa shape index (κ2) is 6.88. The first kappa shape index (κ1) is 16.7. The summed E-state index contributed by atoms with van der Waals surface area (Å²) in [6.45, 7) is 4.53. The largest absolute Gasteiger partial charge is 0.497 e. The van der Waals surface area contributed by atoms with Crippen LogP contribution in [0.2, 0.25) is 0 Å². The third kappa shape index (κ3) is 3.20. The molecule has 0 unspecified atom stereocenters. The summed E-state index contributed by atoms with van der Waals surface area (Å²) in [6, 6.07) is 8.07. The molecule has 3 aromatic rings. The van der Waals surface area contributed by atoms with E-state index in [0.29, 0.717) is 5.88 Å². The van der Waals surface area contributed by atoms with Crippen LogP contribution in [0.3, 0.4) is 0 Å². The maximum Gasteiger partial charge on any atom is 0.218 e. The van der Waals surface area contributed by atoms with Crippen molar-refractivity contribution < 1.29 is 9.47 Å². The van der Waals surface area contributed by atoms with Gasteiger partial charge in [0.05, 0.1) is 19.7 Å². The van der Waals surface area contributed by atoms with E-state index in [-0.39, 0.29) is 0 Å². The summed E-state index contributed by atoms with van der Waals surface area (Å²) in [5, 5.41) is 1.08. The molecule has 0 spiro atoms. The molecule has 3 heterocycles. The van der Waals surface area contributed by atoms with E-state index in [1.807, 2.05) is 31.3 Å². The fraction of sp³-hybridized carbons (Fsp3) is 0.350. The molecule has 1 aliphatic rings. The van der Waals surface area contributed by atoms with Gasteiger partial charge in [0, 0.05) is 60.5 Å². The smallest absolute Gasteiger partial charge is 0.218 e. The van der Waals surface area contributed by atoms with Crippen LogP contribution in [-0.2, 0) is 19.5 Å². The first-order valence-corrected chi connectivity index (χ1v) is 8.71. The number of rotatable bonds is 4. The summed E-state index contributed by atoms with van der Waals surface area (Å²) >= 11 is 0. The zero-order valence-corrected chi connectivity index (χ0v) is 15.3. The first-order chi connectivity index (χ1) is 12.7. The van der Waals surface area contributed by atoms with Crippen molar-refractivity contribution in [1.29, 1.82) is 0 Å². The molecule has 6 nitrogen and oxygen atoms in total. The molecular formula is C20H22N4O2. The third-order valence-electron chi connectivity index (χ3n) is 4.78. The predicted octanol–water partition coefficient (Wildman–Crippen LogP) is 2.91. The quantitative estimate of drug-likeness (QED) is 0.721. The Labute approximate surface area is 152 Å². The van der Waals surface area contributed by atoms with Crippen LogP contribution in [0.25, 0.3) is 10.9 Å². The van der Waals surface area contributed by atoms with Crippen molar-refractivity contribution in [3.05, 3.63) is 53.1 Å². The van der Waals surface area contributed by atoms with Crippen molar-refractivity contribution in [2.24, 2.45) is 0 Å². The summed E-state index contributed by atoms with van der Waals surface area (Å²) in [7, 11) is 3.33. The molecule has 0 fully saturated rings. The van der Waals surface area contributed by atoms with Crippen molar-refractivity contribution in [3.63, 3.8) is 0 Å². The van der Waals surface area contributed by atoms with E-state index in [1.165, 1.54) is 11.3 Å². The van der Waals surface area contributed by atoms with E-state index in [4.69, 9.17) is 9.47 Å². The molecule has 1 aromatic carbocycles. The van der Waals surface area contributed by atoms with Gasteiger partial charge in [0.1, 0.15) is 11.6 Å². The fourth-order valence-electron chi connectivity index (χ4n) is 3.44. The van der Waals surface area contributed by atoms with Gasteiger partial charge in [-0.05, 0) is 25.1 Å². The highest BCUT2D eigenvalue weighted by Crippen LogP contribution is 2.27. The Balaban J connectivity index is 1.61. The highest BCUT2D eigenvalue weighted by Gasteiger charge is 2.20. The lowest BCUT2D eigenvalue weighted by Crippen LogP contribution is -2.31. The van der Waals surface area contributed by atoms with Crippen molar-refractivity contribution in [2.45, 2.75) is 26.4 Å². The summed E-state index contributed by atoms with van der Waals surface area (Å²) in [6.07, 6.45) is 2.89. The topological polar surface area (TPSA) is 60.4 Å². The van der Waals surface area contributed by atoms with Crippen LogP contribution in [0.4, 0.5) is 0 Å². The Kier molecular flexibility index (Phi) is 4.42. The molecule has 0 bridgehead atoms. The number of aromatic nitrogens is 3. The van der Waals surface area contributed by atoms with Gasteiger partial charge in [0.15, 0.2) is 0 Å². The molecule has 0 atom stereocenters. The Morgan fingerprint density at radius 3 is 2.81 bits per heavy atom. The van der Waals surface area contributed by atoms with E-state index in [0.717, 1.165) is 54.1 Å². The number of benzene rings is 1. The van der Waals surface area contributed by atoms with E-state index in [2.05, 4.69) is 25.9 Å². The van der Waals surface area contributed by atoms with Gasteiger partial charge in [0.25, 0.3) is 0 Å². The number of hydrogen-bond acceptors (Lipinski definition) is 6. The lowest BCUT2D eigenvalue weighted by atomic mass is 10.1. The second-order valence-corrected chi connectivity index (χ2v) is 6.57. The molecule has 134 valence electrons. The van der Waals surface area contributed by atoms with Crippen LogP contribution in [0.15, 0.2) is 30.5 Å². The van der Waals surface area contributed by atoms with Crippen LogP contribution < -0.4 is 9.47 Å². The average Bonchev–Trinajstić information content (AvgIpc) is 2.67. The molecular weight excluding hydrogens is 328 g/mol. The zero-order valence-electron chi connectivity index (χ0n) is 15.3. The van der Waals surface area contributed by atoms with Crippen molar-refractivity contribution in [1.82, 2.24) is 19.9 Å². The Morgan fingerprint density at radius 1 is 1.12 bits per heavy atom. The summed E-state index contributed by atoms with van der Waals surface area (Å²) in [5.41, 5.74) is 4.34. The van der Waals surface area contributed by atoms with Gasteiger partial charge in [-0.15, -0.1) is 0 Å².